The van der Waals surface area contributed by atoms with Gasteiger partial charge in [0.1, 0.15) is 5.75 Å². The monoisotopic (exact) mass is 266 g/mol. The van der Waals surface area contributed by atoms with Gasteiger partial charge < -0.3 is 5.11 Å². The summed E-state index contributed by atoms with van der Waals surface area (Å²) in [7, 11) is 0. The summed E-state index contributed by atoms with van der Waals surface area (Å²) in [5.74, 6) is -0.603. The van der Waals surface area contributed by atoms with E-state index in [2.05, 4.69) is 0 Å². The van der Waals surface area contributed by atoms with Crippen LogP contribution in [0.25, 0.3) is 0 Å². The number of carbonyl (C=O) groups is 2. The van der Waals surface area contributed by atoms with Gasteiger partial charge in [-0.2, -0.15) is 0 Å². The van der Waals surface area contributed by atoms with Gasteiger partial charge in [0.25, 0.3) is 0 Å². The summed E-state index contributed by atoms with van der Waals surface area (Å²) in [6, 6.07) is 6.37. The van der Waals surface area contributed by atoms with E-state index in [1.54, 1.807) is 18.2 Å². The number of carbonyl (C=O) groups excluding carboxylic acids is 2. The first-order valence-electron chi connectivity index (χ1n) is 6.45. The lowest BCUT2D eigenvalue weighted by Crippen LogP contribution is -2.23. The van der Waals surface area contributed by atoms with Gasteiger partial charge in [0.2, 0.25) is 0 Å². The number of phenols is 1. The number of phenolic OH excluding ortho intramolecular Hbond substituents is 1. The molecule has 0 bridgehead atoms. The van der Waals surface area contributed by atoms with Crippen molar-refractivity contribution in [3.05, 3.63) is 63.2 Å². The Morgan fingerprint density at radius 3 is 2.25 bits per heavy atom. The molecule has 0 atom stereocenters. The smallest absolute Gasteiger partial charge is 0.198 e. The van der Waals surface area contributed by atoms with Gasteiger partial charge in [-0.25, -0.2) is 0 Å². The Hall–Kier alpha value is -2.42. The Morgan fingerprint density at radius 2 is 1.55 bits per heavy atom. The summed E-state index contributed by atoms with van der Waals surface area (Å²) < 4.78 is 0. The highest BCUT2D eigenvalue weighted by Gasteiger charge is 2.33. The van der Waals surface area contributed by atoms with E-state index in [1.165, 1.54) is 6.07 Å². The number of ketones is 2. The molecule has 2 aromatic rings. The average Bonchev–Trinajstić information content (AvgIpc) is 2.41. The zero-order valence-electron chi connectivity index (χ0n) is 11.6. The Bertz CT molecular complexity index is 785. The third-order valence-corrected chi connectivity index (χ3v) is 4.15. The minimum Gasteiger partial charge on any atom is -0.507 e. The Morgan fingerprint density at radius 1 is 0.850 bits per heavy atom. The predicted octanol–water partition coefficient (Wildman–Crippen LogP) is 3.09. The molecule has 0 fully saturated rings. The van der Waals surface area contributed by atoms with E-state index in [9.17, 15) is 14.7 Å². The number of hydrogen-bond donors (Lipinski definition) is 1. The molecule has 0 amide bonds. The lowest BCUT2D eigenvalue weighted by molar-refractivity contribution is 0.0976. The second kappa shape index (κ2) is 4.04. The first-order valence-corrected chi connectivity index (χ1v) is 6.45. The minimum atomic E-state index is -0.270. The largest absolute Gasteiger partial charge is 0.507 e. The lowest BCUT2D eigenvalue weighted by Gasteiger charge is -2.22. The molecule has 2 aromatic carbocycles. The fraction of sp³-hybridized carbons (Fsp3) is 0.176. The predicted molar refractivity (Wildman–Crippen MR) is 75.6 cm³/mol. The number of hydrogen-bond acceptors (Lipinski definition) is 3. The van der Waals surface area contributed by atoms with Crippen molar-refractivity contribution in [2.75, 3.05) is 0 Å². The fourth-order valence-corrected chi connectivity index (χ4v) is 2.79. The van der Waals surface area contributed by atoms with Crippen LogP contribution in [0.1, 0.15) is 48.5 Å². The van der Waals surface area contributed by atoms with Gasteiger partial charge in [-0.15, -0.1) is 0 Å². The van der Waals surface area contributed by atoms with Gasteiger partial charge >= 0.3 is 0 Å². The number of fused-ring (bicyclic) bond motifs is 2. The maximum Gasteiger partial charge on any atom is 0.198 e. The van der Waals surface area contributed by atoms with Crippen LogP contribution < -0.4 is 0 Å². The topological polar surface area (TPSA) is 54.4 Å². The Balaban J connectivity index is 2.42. The normalized spacial score (nSPS) is 13.2. The molecule has 0 unspecified atom stereocenters. The van der Waals surface area contributed by atoms with Crippen molar-refractivity contribution in [1.29, 1.82) is 0 Å². The van der Waals surface area contributed by atoms with Crippen molar-refractivity contribution in [3.63, 3.8) is 0 Å². The average molecular weight is 266 g/mol. The van der Waals surface area contributed by atoms with E-state index in [0.29, 0.717) is 11.1 Å². The molecule has 3 heteroatoms. The summed E-state index contributed by atoms with van der Waals surface area (Å²) >= 11 is 0. The minimum absolute atomic E-state index is 0.122. The lowest BCUT2D eigenvalue weighted by atomic mass is 9.79. The highest BCUT2D eigenvalue weighted by Crippen LogP contribution is 2.35. The van der Waals surface area contributed by atoms with E-state index >= 15 is 0 Å². The highest BCUT2D eigenvalue weighted by atomic mass is 16.3. The number of benzene rings is 2. The second-order valence-corrected chi connectivity index (χ2v) is 5.22. The Kier molecular flexibility index (Phi) is 2.54. The molecule has 100 valence electrons. The molecule has 0 aliphatic heterocycles. The van der Waals surface area contributed by atoms with E-state index in [1.807, 2.05) is 20.8 Å². The van der Waals surface area contributed by atoms with Crippen LogP contribution in [0.3, 0.4) is 0 Å². The molecule has 1 N–H and O–H groups in total. The molecule has 20 heavy (non-hydrogen) atoms. The standard InChI is InChI=1S/C17H14O3/c1-8-7-12-14(10(3)9(8)2)17(20)15-11(16(12)19)5-4-6-13(15)18/h4-7,18H,1-3H3. The third kappa shape index (κ3) is 1.46. The molecule has 0 heterocycles. The van der Waals surface area contributed by atoms with Gasteiger partial charge in [-0.05, 0) is 49.6 Å². The quantitative estimate of drug-likeness (QED) is 0.680. The van der Waals surface area contributed by atoms with Crippen LogP contribution in [0, 0.1) is 20.8 Å². The van der Waals surface area contributed by atoms with Crippen LogP contribution in [0.2, 0.25) is 0 Å². The first kappa shape index (κ1) is 12.6. The zero-order valence-corrected chi connectivity index (χ0v) is 11.6. The summed E-state index contributed by atoms with van der Waals surface area (Å²) in [4.78, 5) is 25.2. The molecular formula is C17H14O3. The van der Waals surface area contributed by atoms with Crippen LogP contribution in [0.4, 0.5) is 0 Å². The van der Waals surface area contributed by atoms with Crippen molar-refractivity contribution in [3.8, 4) is 5.75 Å². The van der Waals surface area contributed by atoms with Gasteiger partial charge in [-0.3, -0.25) is 9.59 Å². The molecule has 1 aliphatic rings. The molecular weight excluding hydrogens is 252 g/mol. The van der Waals surface area contributed by atoms with Crippen molar-refractivity contribution in [2.24, 2.45) is 0 Å². The zero-order chi connectivity index (χ0) is 14.6. The van der Waals surface area contributed by atoms with Crippen LogP contribution in [-0.2, 0) is 0 Å². The molecule has 0 spiro atoms. The van der Waals surface area contributed by atoms with Crippen molar-refractivity contribution in [2.45, 2.75) is 20.8 Å². The number of aryl methyl sites for hydroxylation is 1. The molecule has 0 aromatic heterocycles. The maximum absolute atomic E-state index is 12.6. The van der Waals surface area contributed by atoms with Crippen LogP contribution in [0.15, 0.2) is 24.3 Å². The van der Waals surface area contributed by atoms with E-state index in [4.69, 9.17) is 0 Å². The second-order valence-electron chi connectivity index (χ2n) is 5.22. The SMILES string of the molecule is Cc1cc2c(c(C)c1C)C(=O)c1c(O)cccc1C2=O. The summed E-state index contributed by atoms with van der Waals surface area (Å²) in [6.45, 7) is 5.71. The first-order chi connectivity index (χ1) is 9.43. The van der Waals surface area contributed by atoms with E-state index in [-0.39, 0.29) is 28.4 Å². The molecule has 0 saturated heterocycles. The molecule has 3 nitrogen and oxygen atoms in total. The summed E-state index contributed by atoms with van der Waals surface area (Å²) in [5.41, 5.74) is 4.07. The summed E-state index contributed by atoms with van der Waals surface area (Å²) in [5, 5.41) is 9.91. The molecule has 1 aliphatic carbocycles. The van der Waals surface area contributed by atoms with Gasteiger partial charge in [-0.1, -0.05) is 12.1 Å². The van der Waals surface area contributed by atoms with E-state index in [0.717, 1.165) is 16.7 Å². The molecule has 0 saturated carbocycles. The van der Waals surface area contributed by atoms with Crippen molar-refractivity contribution < 1.29 is 14.7 Å². The van der Waals surface area contributed by atoms with Crippen LogP contribution >= 0.6 is 0 Å². The molecule has 3 rings (SSSR count). The van der Waals surface area contributed by atoms with Crippen LogP contribution in [0.5, 0.6) is 5.75 Å². The molecule has 0 radical (unpaired) electrons. The number of rotatable bonds is 0. The summed E-state index contributed by atoms with van der Waals surface area (Å²) in [6.07, 6.45) is 0. The Labute approximate surface area is 116 Å². The van der Waals surface area contributed by atoms with E-state index < -0.39 is 0 Å². The van der Waals surface area contributed by atoms with Crippen molar-refractivity contribution in [1.82, 2.24) is 0 Å². The highest BCUT2D eigenvalue weighted by molar-refractivity contribution is 6.29. The van der Waals surface area contributed by atoms with Gasteiger partial charge in [0.05, 0.1) is 5.56 Å². The van der Waals surface area contributed by atoms with Gasteiger partial charge in [0.15, 0.2) is 11.6 Å². The maximum atomic E-state index is 12.6. The fourth-order valence-electron chi connectivity index (χ4n) is 2.79. The van der Waals surface area contributed by atoms with Crippen LogP contribution in [-0.4, -0.2) is 16.7 Å². The van der Waals surface area contributed by atoms with Crippen molar-refractivity contribution >= 4 is 11.6 Å². The van der Waals surface area contributed by atoms with Gasteiger partial charge in [0, 0.05) is 16.7 Å². The number of aromatic hydroxyl groups is 1. The third-order valence-electron chi connectivity index (χ3n) is 4.15.